The monoisotopic (exact) mass is 353 g/mol. The highest BCUT2D eigenvalue weighted by Gasteiger charge is 2.18. The predicted molar refractivity (Wildman–Crippen MR) is 101 cm³/mol. The van der Waals surface area contributed by atoms with Crippen LogP contribution in [0.25, 0.3) is 0 Å². The molecule has 0 N–H and O–H groups in total. The number of benzene rings is 1. The Labute approximate surface area is 156 Å². The Morgan fingerprint density at radius 3 is 2.42 bits per heavy atom. The number of esters is 1. The molecule has 1 aromatic rings. The highest BCUT2D eigenvalue weighted by molar-refractivity contribution is 5.89. The molecule has 138 valence electrons. The first kappa shape index (κ1) is 21.3. The van der Waals surface area contributed by atoms with Crippen molar-refractivity contribution in [1.29, 1.82) is 10.5 Å². The van der Waals surface area contributed by atoms with Gasteiger partial charge in [-0.2, -0.15) is 10.5 Å². The fraction of sp³-hybridized carbons (Fsp3) is 0.476. The van der Waals surface area contributed by atoms with Crippen molar-refractivity contribution < 1.29 is 9.53 Å². The summed E-state index contributed by atoms with van der Waals surface area (Å²) in [7, 11) is 0. The minimum Gasteiger partial charge on any atom is -0.456 e. The summed E-state index contributed by atoms with van der Waals surface area (Å²) in [5.41, 5.74) is 1.19. The lowest BCUT2D eigenvalue weighted by atomic mass is 9.92. The van der Waals surface area contributed by atoms with E-state index in [0.717, 1.165) is 18.4 Å². The Balaban J connectivity index is 2.76. The van der Waals surface area contributed by atoms with Gasteiger partial charge in [0.05, 0.1) is 17.7 Å². The first-order valence-electron chi connectivity index (χ1n) is 8.81. The van der Waals surface area contributed by atoms with Gasteiger partial charge in [0.25, 0.3) is 0 Å². The molecule has 0 aliphatic heterocycles. The normalized spacial score (nSPS) is 12.2. The molecule has 5 heteroatoms. The number of rotatable bonds is 8. The number of hydrogen-bond acceptors (Lipinski definition) is 5. The fourth-order valence-corrected chi connectivity index (χ4v) is 2.59. The van der Waals surface area contributed by atoms with E-state index in [4.69, 9.17) is 15.3 Å². The average Bonchev–Trinajstić information content (AvgIpc) is 2.59. The molecule has 5 nitrogen and oxygen atoms in total. The van der Waals surface area contributed by atoms with Crippen LogP contribution in [0.1, 0.15) is 62.4 Å². The number of nitrogens with zero attached hydrogens (tertiary/aromatic N) is 3. The molecule has 26 heavy (non-hydrogen) atoms. The van der Waals surface area contributed by atoms with Crippen LogP contribution >= 0.6 is 0 Å². The van der Waals surface area contributed by atoms with Crippen LogP contribution in [0.3, 0.4) is 0 Å². The Morgan fingerprint density at radius 1 is 1.27 bits per heavy atom. The summed E-state index contributed by atoms with van der Waals surface area (Å²) in [5, 5.41) is 17.5. The van der Waals surface area contributed by atoms with Crippen molar-refractivity contribution in [2.75, 3.05) is 13.1 Å². The van der Waals surface area contributed by atoms with E-state index in [-0.39, 0.29) is 12.5 Å². The van der Waals surface area contributed by atoms with Crippen molar-refractivity contribution in [3.63, 3.8) is 0 Å². The van der Waals surface area contributed by atoms with Crippen LogP contribution < -0.4 is 0 Å². The van der Waals surface area contributed by atoms with Gasteiger partial charge in [0.1, 0.15) is 12.1 Å². The summed E-state index contributed by atoms with van der Waals surface area (Å²) in [6.07, 6.45) is 4.85. The van der Waals surface area contributed by atoms with E-state index < -0.39 is 5.60 Å². The second-order valence-corrected chi connectivity index (χ2v) is 7.09. The molecule has 0 radical (unpaired) electrons. The molecule has 0 saturated carbocycles. The number of hydrogen-bond donors (Lipinski definition) is 0. The second kappa shape index (κ2) is 10.3. The lowest BCUT2D eigenvalue weighted by molar-refractivity contribution is 0.00695. The highest BCUT2D eigenvalue weighted by Crippen LogP contribution is 2.24. The molecule has 1 aromatic carbocycles. The molecule has 0 fully saturated rings. The maximum atomic E-state index is 12.1. The molecule has 0 saturated heterocycles. The standard InChI is InChI=1S/C21H27N3O2/c1-5-17(11-15-24(16-13-23)14-6-12-22)18-7-9-19(10-8-18)20(25)26-21(2,3)4/h6-10,14,17H,5,11,15-16H2,1-4H3/b14-6+. The Morgan fingerprint density at radius 2 is 1.92 bits per heavy atom. The van der Waals surface area contributed by atoms with Crippen molar-refractivity contribution in [2.24, 2.45) is 0 Å². The van der Waals surface area contributed by atoms with Crippen LogP contribution in [0, 0.1) is 22.7 Å². The molecule has 0 spiro atoms. The van der Waals surface area contributed by atoms with Crippen molar-refractivity contribution in [2.45, 2.75) is 52.1 Å². The number of allylic oxidation sites excluding steroid dienone is 1. The molecule has 0 heterocycles. The maximum Gasteiger partial charge on any atom is 0.338 e. The minimum atomic E-state index is -0.511. The van der Waals surface area contributed by atoms with Crippen LogP contribution in [-0.2, 0) is 4.74 Å². The van der Waals surface area contributed by atoms with Crippen LogP contribution in [0.15, 0.2) is 36.5 Å². The largest absolute Gasteiger partial charge is 0.456 e. The molecule has 0 aliphatic carbocycles. The number of carbonyl (C=O) groups is 1. The fourth-order valence-electron chi connectivity index (χ4n) is 2.59. The first-order valence-corrected chi connectivity index (χ1v) is 8.81. The van der Waals surface area contributed by atoms with Crippen LogP contribution in [-0.4, -0.2) is 29.6 Å². The molecule has 1 unspecified atom stereocenters. The zero-order valence-electron chi connectivity index (χ0n) is 16.0. The van der Waals surface area contributed by atoms with E-state index in [0.29, 0.717) is 18.0 Å². The van der Waals surface area contributed by atoms with Gasteiger partial charge in [0.2, 0.25) is 0 Å². The van der Waals surface area contributed by atoms with E-state index in [9.17, 15) is 4.79 Å². The van der Waals surface area contributed by atoms with E-state index in [1.807, 2.05) is 43.9 Å². The van der Waals surface area contributed by atoms with Gasteiger partial charge in [0.15, 0.2) is 0 Å². The van der Waals surface area contributed by atoms with Gasteiger partial charge in [-0.3, -0.25) is 0 Å². The van der Waals surface area contributed by atoms with Gasteiger partial charge in [-0.05, 0) is 57.2 Å². The summed E-state index contributed by atoms with van der Waals surface area (Å²) in [6, 6.07) is 11.6. The summed E-state index contributed by atoms with van der Waals surface area (Å²) in [6.45, 7) is 8.61. The summed E-state index contributed by atoms with van der Waals surface area (Å²) < 4.78 is 5.38. The molecule has 0 aliphatic rings. The van der Waals surface area contributed by atoms with E-state index in [1.54, 1.807) is 18.3 Å². The number of ether oxygens (including phenoxy) is 1. The molecule has 0 amide bonds. The van der Waals surface area contributed by atoms with Crippen LogP contribution in [0.2, 0.25) is 0 Å². The average molecular weight is 353 g/mol. The summed E-state index contributed by atoms with van der Waals surface area (Å²) in [5.74, 6) is -0.00157. The SMILES string of the molecule is CCC(CCN(/C=C/C#N)CC#N)c1ccc(C(=O)OC(C)(C)C)cc1. The predicted octanol–water partition coefficient (Wildman–Crippen LogP) is 4.39. The minimum absolute atomic E-state index is 0.256. The Bertz CT molecular complexity index is 688. The molecule has 0 aromatic heterocycles. The maximum absolute atomic E-state index is 12.1. The molecule has 1 rings (SSSR count). The third-order valence-corrected chi connectivity index (χ3v) is 3.91. The van der Waals surface area contributed by atoms with Gasteiger partial charge >= 0.3 is 5.97 Å². The number of nitriles is 2. The zero-order valence-corrected chi connectivity index (χ0v) is 16.0. The van der Waals surface area contributed by atoms with Gasteiger partial charge in [0, 0.05) is 18.8 Å². The van der Waals surface area contributed by atoms with Crippen molar-refractivity contribution in [1.82, 2.24) is 4.90 Å². The second-order valence-electron chi connectivity index (χ2n) is 7.09. The summed E-state index contributed by atoms with van der Waals surface area (Å²) >= 11 is 0. The molecule has 0 bridgehead atoms. The van der Waals surface area contributed by atoms with Gasteiger partial charge in [-0.15, -0.1) is 0 Å². The topological polar surface area (TPSA) is 77.1 Å². The van der Waals surface area contributed by atoms with Crippen molar-refractivity contribution in [3.8, 4) is 12.1 Å². The lowest BCUT2D eigenvalue weighted by Gasteiger charge is -2.22. The highest BCUT2D eigenvalue weighted by atomic mass is 16.6. The van der Waals surface area contributed by atoms with Crippen LogP contribution in [0.4, 0.5) is 0 Å². The van der Waals surface area contributed by atoms with E-state index >= 15 is 0 Å². The van der Waals surface area contributed by atoms with E-state index in [1.165, 1.54) is 6.08 Å². The number of carbonyl (C=O) groups excluding carboxylic acids is 1. The van der Waals surface area contributed by atoms with Crippen molar-refractivity contribution in [3.05, 3.63) is 47.7 Å². The van der Waals surface area contributed by atoms with Gasteiger partial charge in [-0.25, -0.2) is 4.79 Å². The molecule has 1 atom stereocenters. The Kier molecular flexibility index (Phi) is 8.38. The van der Waals surface area contributed by atoms with Crippen molar-refractivity contribution >= 4 is 5.97 Å². The quantitative estimate of drug-likeness (QED) is 0.393. The zero-order chi connectivity index (χ0) is 19.6. The van der Waals surface area contributed by atoms with Crippen LogP contribution in [0.5, 0.6) is 0 Å². The lowest BCUT2D eigenvalue weighted by Crippen LogP contribution is -2.23. The molecular weight excluding hydrogens is 326 g/mol. The van der Waals surface area contributed by atoms with E-state index in [2.05, 4.69) is 13.0 Å². The third kappa shape index (κ3) is 7.40. The summed E-state index contributed by atoms with van der Waals surface area (Å²) in [4.78, 5) is 13.9. The first-order chi connectivity index (χ1) is 12.3. The Hall–Kier alpha value is -2.79. The van der Waals surface area contributed by atoms with Gasteiger partial charge < -0.3 is 9.64 Å². The van der Waals surface area contributed by atoms with Gasteiger partial charge in [-0.1, -0.05) is 19.1 Å². The smallest absolute Gasteiger partial charge is 0.338 e. The third-order valence-electron chi connectivity index (χ3n) is 3.91. The molecular formula is C21H27N3O2.